The molecule has 1 amide bonds. The number of benzene rings is 1. The Bertz CT molecular complexity index is 1040. The average Bonchev–Trinajstić information content (AvgIpc) is 3.44. The minimum atomic E-state index is -0.418. The summed E-state index contributed by atoms with van der Waals surface area (Å²) in [6, 6.07) is 6.40. The van der Waals surface area contributed by atoms with E-state index in [-0.39, 0.29) is 12.5 Å². The number of nitrogens with zero attached hydrogens (tertiary/aromatic N) is 4. The highest BCUT2D eigenvalue weighted by Gasteiger charge is 2.29. The maximum Gasteiger partial charge on any atom is 0.254 e. The van der Waals surface area contributed by atoms with E-state index in [0.29, 0.717) is 27.7 Å². The van der Waals surface area contributed by atoms with Crippen LogP contribution in [0.25, 0.3) is 11.0 Å². The number of aryl methyl sites for hydroxylation is 2. The molecule has 0 atom stereocenters. The van der Waals surface area contributed by atoms with Gasteiger partial charge in [0.25, 0.3) is 5.91 Å². The molecule has 1 fully saturated rings. The van der Waals surface area contributed by atoms with E-state index in [1.165, 1.54) is 11.0 Å². The molecule has 0 N–H and O–H groups in total. The van der Waals surface area contributed by atoms with E-state index in [2.05, 4.69) is 5.10 Å². The SMILES string of the molecule is Cc1nn(C)c2nc(C3CC3)cc(C(=O)N(C)Cc3c(F)cccc3Cl)c12. The molecule has 0 aliphatic heterocycles. The standard InChI is InChI=1S/C20H20ClFN4O/c1-11-18-13(9-17(12-7-8-12)23-19(18)26(3)24-11)20(27)25(2)10-14-15(21)5-4-6-16(14)22/h4-6,9,12H,7-8,10H2,1-3H3. The van der Waals surface area contributed by atoms with E-state index < -0.39 is 5.82 Å². The van der Waals surface area contributed by atoms with Gasteiger partial charge < -0.3 is 4.90 Å². The van der Waals surface area contributed by atoms with Gasteiger partial charge in [-0.1, -0.05) is 17.7 Å². The van der Waals surface area contributed by atoms with Crippen LogP contribution in [-0.4, -0.2) is 32.6 Å². The molecule has 2 aromatic heterocycles. The maximum atomic E-state index is 14.1. The Morgan fingerprint density at radius 3 is 2.81 bits per heavy atom. The number of amides is 1. The van der Waals surface area contributed by atoms with Crippen LogP contribution in [0.3, 0.4) is 0 Å². The molecule has 1 aliphatic carbocycles. The molecule has 0 saturated heterocycles. The fourth-order valence-electron chi connectivity index (χ4n) is 3.42. The van der Waals surface area contributed by atoms with Crippen LogP contribution in [0.15, 0.2) is 24.3 Å². The third kappa shape index (κ3) is 3.18. The van der Waals surface area contributed by atoms with Crippen LogP contribution in [0.1, 0.15) is 46.1 Å². The monoisotopic (exact) mass is 386 g/mol. The van der Waals surface area contributed by atoms with Crippen LogP contribution in [0.4, 0.5) is 4.39 Å². The topological polar surface area (TPSA) is 51.0 Å². The van der Waals surface area contributed by atoms with E-state index in [0.717, 1.165) is 29.6 Å². The molecule has 0 radical (unpaired) electrons. The Kier molecular flexibility index (Phi) is 4.38. The molecule has 0 bridgehead atoms. The van der Waals surface area contributed by atoms with Gasteiger partial charge in [0.15, 0.2) is 5.65 Å². The Hall–Kier alpha value is -2.47. The number of carbonyl (C=O) groups excluding carboxylic acids is 1. The van der Waals surface area contributed by atoms with Gasteiger partial charge in [-0.15, -0.1) is 0 Å². The van der Waals surface area contributed by atoms with E-state index in [9.17, 15) is 9.18 Å². The zero-order valence-electron chi connectivity index (χ0n) is 15.5. The van der Waals surface area contributed by atoms with Gasteiger partial charge in [-0.05, 0) is 38.0 Å². The minimum Gasteiger partial charge on any atom is -0.337 e. The lowest BCUT2D eigenvalue weighted by atomic mass is 10.1. The first-order chi connectivity index (χ1) is 12.9. The second-order valence-corrected chi connectivity index (χ2v) is 7.55. The predicted molar refractivity (Wildman–Crippen MR) is 102 cm³/mol. The number of rotatable bonds is 4. The zero-order valence-corrected chi connectivity index (χ0v) is 16.2. The summed E-state index contributed by atoms with van der Waals surface area (Å²) in [7, 11) is 3.48. The maximum absolute atomic E-state index is 14.1. The second kappa shape index (κ2) is 6.60. The summed E-state index contributed by atoms with van der Waals surface area (Å²) in [5.74, 6) is -0.208. The number of carbonyl (C=O) groups is 1. The van der Waals surface area contributed by atoms with Gasteiger partial charge in [0, 0.05) is 42.8 Å². The Labute approximate surface area is 161 Å². The minimum absolute atomic E-state index is 0.0895. The number of aromatic nitrogens is 3. The van der Waals surface area contributed by atoms with Crippen molar-refractivity contribution in [3.8, 4) is 0 Å². The molecule has 4 rings (SSSR count). The van der Waals surface area contributed by atoms with Crippen molar-refractivity contribution in [3.63, 3.8) is 0 Å². The normalized spacial score (nSPS) is 14.0. The Morgan fingerprint density at radius 1 is 1.41 bits per heavy atom. The first kappa shape index (κ1) is 17.9. The molecule has 2 heterocycles. The van der Waals surface area contributed by atoms with Gasteiger partial charge >= 0.3 is 0 Å². The van der Waals surface area contributed by atoms with Crippen molar-refractivity contribution in [2.24, 2.45) is 7.05 Å². The van der Waals surface area contributed by atoms with Crippen LogP contribution in [-0.2, 0) is 13.6 Å². The number of fused-ring (bicyclic) bond motifs is 1. The summed E-state index contributed by atoms with van der Waals surface area (Å²) in [5, 5.41) is 5.49. The second-order valence-electron chi connectivity index (χ2n) is 7.14. The van der Waals surface area contributed by atoms with Gasteiger partial charge in [0.05, 0.1) is 16.6 Å². The largest absolute Gasteiger partial charge is 0.337 e. The summed E-state index contributed by atoms with van der Waals surface area (Å²) in [6.45, 7) is 1.96. The van der Waals surface area contributed by atoms with Crippen molar-refractivity contribution in [1.82, 2.24) is 19.7 Å². The van der Waals surface area contributed by atoms with Gasteiger partial charge in [0.2, 0.25) is 0 Å². The quantitative estimate of drug-likeness (QED) is 0.674. The molecule has 3 aromatic rings. The van der Waals surface area contributed by atoms with Crippen molar-refractivity contribution >= 4 is 28.5 Å². The van der Waals surface area contributed by atoms with E-state index in [1.807, 2.05) is 20.0 Å². The van der Waals surface area contributed by atoms with E-state index in [4.69, 9.17) is 16.6 Å². The zero-order chi connectivity index (χ0) is 19.3. The van der Waals surface area contributed by atoms with Crippen LogP contribution in [0.5, 0.6) is 0 Å². The number of hydrogen-bond donors (Lipinski definition) is 0. The molecule has 7 heteroatoms. The van der Waals surface area contributed by atoms with Gasteiger partial charge in [-0.25, -0.2) is 9.37 Å². The molecule has 0 unspecified atom stereocenters. The summed E-state index contributed by atoms with van der Waals surface area (Å²) in [4.78, 5) is 19.4. The van der Waals surface area contributed by atoms with Gasteiger partial charge in [0.1, 0.15) is 5.82 Å². The molecule has 140 valence electrons. The van der Waals surface area contributed by atoms with Crippen molar-refractivity contribution in [1.29, 1.82) is 0 Å². The molecule has 1 aromatic carbocycles. The van der Waals surface area contributed by atoms with Crippen LogP contribution in [0.2, 0.25) is 5.02 Å². The smallest absolute Gasteiger partial charge is 0.254 e. The third-order valence-electron chi connectivity index (χ3n) is 5.02. The fraction of sp³-hybridized carbons (Fsp3) is 0.350. The van der Waals surface area contributed by atoms with Gasteiger partial charge in [-0.3, -0.25) is 9.48 Å². The van der Waals surface area contributed by atoms with E-state index in [1.54, 1.807) is 23.9 Å². The van der Waals surface area contributed by atoms with Crippen molar-refractivity contribution < 1.29 is 9.18 Å². The Morgan fingerprint density at radius 2 is 2.15 bits per heavy atom. The molecule has 1 saturated carbocycles. The lowest BCUT2D eigenvalue weighted by molar-refractivity contribution is 0.0785. The molecule has 5 nitrogen and oxygen atoms in total. The van der Waals surface area contributed by atoms with Crippen molar-refractivity contribution in [2.45, 2.75) is 32.2 Å². The average molecular weight is 387 g/mol. The van der Waals surface area contributed by atoms with Crippen LogP contribution >= 0.6 is 11.6 Å². The Balaban J connectivity index is 1.75. The molecule has 0 spiro atoms. The molecular formula is C20H20ClFN4O. The molecule has 1 aliphatic rings. The number of halogens is 2. The summed E-state index contributed by atoms with van der Waals surface area (Å²) in [6.07, 6.45) is 2.17. The van der Waals surface area contributed by atoms with Crippen LogP contribution in [0, 0.1) is 12.7 Å². The number of hydrogen-bond acceptors (Lipinski definition) is 3. The lowest BCUT2D eigenvalue weighted by Crippen LogP contribution is -2.27. The fourth-order valence-corrected chi connectivity index (χ4v) is 3.64. The first-order valence-electron chi connectivity index (χ1n) is 8.89. The van der Waals surface area contributed by atoms with Crippen molar-refractivity contribution in [2.75, 3.05) is 7.05 Å². The highest BCUT2D eigenvalue weighted by molar-refractivity contribution is 6.31. The first-order valence-corrected chi connectivity index (χ1v) is 9.27. The highest BCUT2D eigenvalue weighted by Crippen LogP contribution is 2.40. The number of pyridine rings is 1. The lowest BCUT2D eigenvalue weighted by Gasteiger charge is -2.19. The summed E-state index contributed by atoms with van der Waals surface area (Å²) < 4.78 is 15.8. The van der Waals surface area contributed by atoms with Crippen LogP contribution < -0.4 is 0 Å². The summed E-state index contributed by atoms with van der Waals surface area (Å²) >= 11 is 6.12. The van der Waals surface area contributed by atoms with Gasteiger partial charge in [-0.2, -0.15) is 5.10 Å². The molecule has 27 heavy (non-hydrogen) atoms. The predicted octanol–water partition coefficient (Wildman–Crippen LogP) is 4.22. The summed E-state index contributed by atoms with van der Waals surface area (Å²) in [5.41, 5.74) is 3.25. The molecular weight excluding hydrogens is 367 g/mol. The highest BCUT2D eigenvalue weighted by atomic mass is 35.5. The van der Waals surface area contributed by atoms with Crippen molar-refractivity contribution in [3.05, 3.63) is 57.6 Å². The van der Waals surface area contributed by atoms with E-state index >= 15 is 0 Å². The third-order valence-corrected chi connectivity index (χ3v) is 5.37.